The molecule has 0 spiro atoms. The van der Waals surface area contributed by atoms with Crippen LogP contribution in [0.2, 0.25) is 0 Å². The lowest BCUT2D eigenvalue weighted by atomic mass is 9.97. The number of thiophene rings is 2. The average molecular weight is 710 g/mol. The maximum absolute atomic E-state index is 2.51. The molecular formula is C50H31NS2. The van der Waals surface area contributed by atoms with Gasteiger partial charge in [0.15, 0.2) is 0 Å². The zero-order valence-corrected chi connectivity index (χ0v) is 30.3. The molecule has 11 aromatic rings. The standard InChI is InChI=1S/C50H31NS2/c1-2-12-33(13-3-1)39-20-11-25-46-48(39)42-31-28-35-16-9-22-43(47(35)50(42)53-46)51(44-23-10-21-41-40-18-6-7-24-45(40)52-49(41)44)36-29-26-34(27-30-36)38-19-8-15-32-14-4-5-17-37(32)38/h1-31H. The number of rotatable bonds is 5. The Morgan fingerprint density at radius 2 is 0.943 bits per heavy atom. The maximum Gasteiger partial charge on any atom is 0.0640 e. The number of nitrogens with zero attached hydrogens (tertiary/aromatic N) is 1. The first-order valence-corrected chi connectivity index (χ1v) is 19.6. The Labute approximate surface area is 315 Å². The van der Waals surface area contributed by atoms with Crippen LogP contribution in [0.25, 0.3) is 84.1 Å². The van der Waals surface area contributed by atoms with E-state index in [1.54, 1.807) is 0 Å². The van der Waals surface area contributed by atoms with Crippen molar-refractivity contribution in [3.63, 3.8) is 0 Å². The number of hydrogen-bond acceptors (Lipinski definition) is 3. The SMILES string of the molecule is c1ccc(-c2cccc3sc4c(ccc5cccc(N(c6ccc(-c7cccc8ccccc78)cc6)c6cccc7c6sc6ccccc67)c54)c23)cc1. The molecule has 0 fully saturated rings. The fourth-order valence-electron chi connectivity index (χ4n) is 8.26. The van der Waals surface area contributed by atoms with Gasteiger partial charge in [0.1, 0.15) is 0 Å². The zero-order valence-electron chi connectivity index (χ0n) is 28.7. The van der Waals surface area contributed by atoms with Gasteiger partial charge in [-0.1, -0.05) is 152 Å². The van der Waals surface area contributed by atoms with E-state index in [4.69, 9.17) is 0 Å². The van der Waals surface area contributed by atoms with Gasteiger partial charge in [-0.2, -0.15) is 0 Å². The van der Waals surface area contributed by atoms with E-state index < -0.39 is 0 Å². The third-order valence-electron chi connectivity index (χ3n) is 10.7. The van der Waals surface area contributed by atoms with E-state index in [1.165, 1.54) is 95.5 Å². The molecule has 0 aliphatic rings. The van der Waals surface area contributed by atoms with Crippen LogP contribution in [-0.2, 0) is 0 Å². The smallest absolute Gasteiger partial charge is 0.0640 e. The summed E-state index contributed by atoms with van der Waals surface area (Å²) in [6, 6.07) is 69.1. The summed E-state index contributed by atoms with van der Waals surface area (Å²) in [6.45, 7) is 0. The molecule has 3 heteroatoms. The Hall–Kier alpha value is -6.26. The van der Waals surface area contributed by atoms with E-state index in [0.717, 1.165) is 5.69 Å². The largest absolute Gasteiger partial charge is 0.308 e. The van der Waals surface area contributed by atoms with E-state index in [2.05, 4.69) is 193 Å². The quantitative estimate of drug-likeness (QED) is 0.172. The fourth-order valence-corrected chi connectivity index (χ4v) is 10.8. The molecule has 248 valence electrons. The van der Waals surface area contributed by atoms with Crippen LogP contribution in [0.1, 0.15) is 0 Å². The van der Waals surface area contributed by atoms with Gasteiger partial charge >= 0.3 is 0 Å². The Morgan fingerprint density at radius 1 is 0.321 bits per heavy atom. The van der Waals surface area contributed by atoms with Gasteiger partial charge in [0.2, 0.25) is 0 Å². The lowest BCUT2D eigenvalue weighted by molar-refractivity contribution is 1.32. The highest BCUT2D eigenvalue weighted by Gasteiger charge is 2.22. The van der Waals surface area contributed by atoms with Crippen molar-refractivity contribution in [1.29, 1.82) is 0 Å². The lowest BCUT2D eigenvalue weighted by Gasteiger charge is -2.28. The summed E-state index contributed by atoms with van der Waals surface area (Å²) in [5.74, 6) is 0. The minimum atomic E-state index is 1.13. The monoisotopic (exact) mass is 709 g/mol. The van der Waals surface area contributed by atoms with Crippen LogP contribution in [-0.4, -0.2) is 0 Å². The van der Waals surface area contributed by atoms with Crippen molar-refractivity contribution >= 4 is 102 Å². The molecule has 11 rings (SSSR count). The molecule has 0 amide bonds. The number of anilines is 3. The van der Waals surface area contributed by atoms with Gasteiger partial charge in [0.25, 0.3) is 0 Å². The van der Waals surface area contributed by atoms with Crippen molar-refractivity contribution in [3.8, 4) is 22.3 Å². The molecule has 0 bridgehead atoms. The molecule has 0 aliphatic heterocycles. The maximum atomic E-state index is 2.51. The van der Waals surface area contributed by atoms with Crippen LogP contribution in [0.4, 0.5) is 17.1 Å². The molecule has 1 nitrogen and oxygen atoms in total. The summed E-state index contributed by atoms with van der Waals surface area (Å²) >= 11 is 3.79. The summed E-state index contributed by atoms with van der Waals surface area (Å²) in [7, 11) is 0. The first kappa shape index (κ1) is 30.4. The molecule has 2 aromatic heterocycles. The van der Waals surface area contributed by atoms with Crippen molar-refractivity contribution < 1.29 is 0 Å². The predicted octanol–water partition coefficient (Wildman–Crippen LogP) is 15.5. The minimum Gasteiger partial charge on any atom is -0.308 e. The van der Waals surface area contributed by atoms with Crippen LogP contribution in [0.15, 0.2) is 188 Å². The third kappa shape index (κ3) is 4.82. The summed E-state index contributed by atoms with van der Waals surface area (Å²) in [5, 5.41) is 10.3. The highest BCUT2D eigenvalue weighted by Crippen LogP contribution is 2.50. The first-order chi connectivity index (χ1) is 26.3. The Bertz CT molecular complexity index is 3160. The van der Waals surface area contributed by atoms with E-state index >= 15 is 0 Å². The highest BCUT2D eigenvalue weighted by molar-refractivity contribution is 7.27. The molecule has 0 atom stereocenters. The number of benzene rings is 9. The normalized spacial score (nSPS) is 11.8. The molecule has 0 aliphatic carbocycles. The molecule has 0 N–H and O–H groups in total. The van der Waals surface area contributed by atoms with Crippen molar-refractivity contribution in [3.05, 3.63) is 188 Å². The Balaban J connectivity index is 1.19. The molecule has 2 heterocycles. The average Bonchev–Trinajstić information content (AvgIpc) is 3.81. The van der Waals surface area contributed by atoms with E-state index in [-0.39, 0.29) is 0 Å². The van der Waals surface area contributed by atoms with Gasteiger partial charge in [-0.3, -0.25) is 0 Å². The molecule has 0 unspecified atom stereocenters. The Morgan fingerprint density at radius 3 is 1.85 bits per heavy atom. The summed E-state index contributed by atoms with van der Waals surface area (Å²) < 4.78 is 5.22. The molecule has 0 radical (unpaired) electrons. The van der Waals surface area contributed by atoms with Crippen LogP contribution in [0.5, 0.6) is 0 Å². The van der Waals surface area contributed by atoms with Crippen LogP contribution in [0.3, 0.4) is 0 Å². The highest BCUT2D eigenvalue weighted by atomic mass is 32.1. The first-order valence-electron chi connectivity index (χ1n) is 18.0. The molecule has 53 heavy (non-hydrogen) atoms. The van der Waals surface area contributed by atoms with Gasteiger partial charge in [-0.25, -0.2) is 0 Å². The zero-order chi connectivity index (χ0) is 34.9. The van der Waals surface area contributed by atoms with E-state index in [1.807, 2.05) is 22.7 Å². The van der Waals surface area contributed by atoms with Gasteiger partial charge in [-0.15, -0.1) is 22.7 Å². The van der Waals surface area contributed by atoms with Gasteiger partial charge < -0.3 is 4.90 Å². The van der Waals surface area contributed by atoms with Crippen molar-refractivity contribution in [2.24, 2.45) is 0 Å². The van der Waals surface area contributed by atoms with Crippen LogP contribution in [0, 0.1) is 0 Å². The summed E-state index contributed by atoms with van der Waals surface area (Å²) in [6.07, 6.45) is 0. The van der Waals surface area contributed by atoms with Crippen molar-refractivity contribution in [2.75, 3.05) is 4.90 Å². The van der Waals surface area contributed by atoms with Gasteiger partial charge in [0.05, 0.1) is 16.1 Å². The lowest BCUT2D eigenvalue weighted by Crippen LogP contribution is -2.10. The van der Waals surface area contributed by atoms with Crippen LogP contribution < -0.4 is 4.90 Å². The number of fused-ring (bicyclic) bond motifs is 9. The third-order valence-corrected chi connectivity index (χ3v) is 13.1. The molecule has 9 aromatic carbocycles. The van der Waals surface area contributed by atoms with Crippen LogP contribution >= 0.6 is 22.7 Å². The second kappa shape index (κ2) is 12.2. The number of hydrogen-bond donors (Lipinski definition) is 0. The van der Waals surface area contributed by atoms with E-state index in [9.17, 15) is 0 Å². The van der Waals surface area contributed by atoms with Crippen molar-refractivity contribution in [2.45, 2.75) is 0 Å². The second-order valence-electron chi connectivity index (χ2n) is 13.6. The predicted molar refractivity (Wildman–Crippen MR) is 233 cm³/mol. The summed E-state index contributed by atoms with van der Waals surface area (Å²) in [5.41, 5.74) is 8.50. The van der Waals surface area contributed by atoms with Crippen molar-refractivity contribution in [1.82, 2.24) is 0 Å². The topological polar surface area (TPSA) is 3.24 Å². The fraction of sp³-hybridized carbons (Fsp3) is 0. The van der Waals surface area contributed by atoms with Gasteiger partial charge in [-0.05, 0) is 74.8 Å². The molecular weight excluding hydrogens is 679 g/mol. The Kier molecular flexibility index (Phi) is 6.97. The van der Waals surface area contributed by atoms with Gasteiger partial charge in [0, 0.05) is 46.7 Å². The molecule has 0 saturated carbocycles. The molecule has 0 saturated heterocycles. The minimum absolute atomic E-state index is 1.13. The second-order valence-corrected chi connectivity index (χ2v) is 15.7. The van der Waals surface area contributed by atoms with E-state index in [0.29, 0.717) is 0 Å². The summed E-state index contributed by atoms with van der Waals surface area (Å²) in [4.78, 5) is 2.51.